The van der Waals surface area contributed by atoms with Crippen molar-refractivity contribution >= 4 is 77.7 Å². The SMILES string of the molecule is c1ccc(-c2ccc(N(c3ccc(-c4nccnc4-c4ccc(N(c5ccc(-c6ccccc6)cc5)c5ccc(-n6c7ccccc7c7ccccc76)cc5)cc4)cc3)c3ccc(-n4c5ccccc5c5ccccc54)cc3)cc2)cc1. The van der Waals surface area contributed by atoms with E-state index in [1.807, 2.05) is 0 Å². The maximum atomic E-state index is 4.99. The maximum Gasteiger partial charge on any atom is 0.0965 e. The van der Waals surface area contributed by atoms with Crippen molar-refractivity contribution in [3.63, 3.8) is 0 Å². The lowest BCUT2D eigenvalue weighted by molar-refractivity contribution is 1.17. The molecule has 0 atom stereocenters. The van der Waals surface area contributed by atoms with Crippen LogP contribution in [0.5, 0.6) is 0 Å². The summed E-state index contributed by atoms with van der Waals surface area (Å²) in [7, 11) is 0. The van der Waals surface area contributed by atoms with Crippen LogP contribution in [0.4, 0.5) is 34.1 Å². The molecule has 15 rings (SSSR count). The highest BCUT2D eigenvalue weighted by Gasteiger charge is 2.20. The number of anilines is 6. The van der Waals surface area contributed by atoms with Gasteiger partial charge >= 0.3 is 0 Å². The van der Waals surface area contributed by atoms with Crippen molar-refractivity contribution in [2.75, 3.05) is 9.80 Å². The van der Waals surface area contributed by atoms with Crippen LogP contribution in [0, 0.1) is 0 Å². The summed E-state index contributed by atoms with van der Waals surface area (Å²) in [4.78, 5) is 14.6. The van der Waals surface area contributed by atoms with Crippen molar-refractivity contribution in [3.8, 4) is 56.1 Å². The van der Waals surface area contributed by atoms with Gasteiger partial charge in [0.05, 0.1) is 33.5 Å². The lowest BCUT2D eigenvalue weighted by atomic mass is 10.0. The van der Waals surface area contributed by atoms with Crippen molar-refractivity contribution in [3.05, 3.63) is 316 Å². The minimum Gasteiger partial charge on any atom is -0.311 e. The third-order valence-electron chi connectivity index (χ3n) is 15.9. The molecular formula is C76H52N6. The lowest BCUT2D eigenvalue weighted by Gasteiger charge is -2.26. The van der Waals surface area contributed by atoms with E-state index in [0.717, 1.165) is 68.0 Å². The Morgan fingerprint density at radius 2 is 0.439 bits per heavy atom. The van der Waals surface area contributed by atoms with Gasteiger partial charge in [-0.25, -0.2) is 0 Å². The van der Waals surface area contributed by atoms with Crippen LogP contribution < -0.4 is 9.80 Å². The predicted molar refractivity (Wildman–Crippen MR) is 342 cm³/mol. The molecule has 3 heterocycles. The molecule has 6 heteroatoms. The van der Waals surface area contributed by atoms with Crippen molar-refractivity contribution in [2.24, 2.45) is 0 Å². The first-order valence-corrected chi connectivity index (χ1v) is 27.8. The number of para-hydroxylation sites is 4. The van der Waals surface area contributed by atoms with Crippen LogP contribution in [0.1, 0.15) is 0 Å². The van der Waals surface area contributed by atoms with Crippen molar-refractivity contribution in [1.29, 1.82) is 0 Å². The van der Waals surface area contributed by atoms with E-state index in [9.17, 15) is 0 Å². The number of benzene rings is 12. The van der Waals surface area contributed by atoms with Gasteiger partial charge in [-0.05, 0) is 144 Å². The second-order valence-electron chi connectivity index (χ2n) is 20.6. The Bertz CT molecular complexity index is 4330. The zero-order chi connectivity index (χ0) is 54.3. The van der Waals surface area contributed by atoms with Gasteiger partial charge in [0.15, 0.2) is 0 Å². The van der Waals surface area contributed by atoms with E-state index in [-0.39, 0.29) is 0 Å². The number of hydrogen-bond donors (Lipinski definition) is 0. The molecule has 0 radical (unpaired) electrons. The quantitative estimate of drug-likeness (QED) is 0.122. The van der Waals surface area contributed by atoms with Crippen molar-refractivity contribution in [2.45, 2.75) is 0 Å². The molecule has 12 aromatic carbocycles. The molecule has 15 aromatic rings. The Morgan fingerprint density at radius 3 is 0.732 bits per heavy atom. The number of hydrogen-bond acceptors (Lipinski definition) is 4. The molecule has 82 heavy (non-hydrogen) atoms. The molecule has 0 spiro atoms. The second kappa shape index (κ2) is 20.6. The van der Waals surface area contributed by atoms with Crippen LogP contribution in [0.25, 0.3) is 99.8 Å². The Labute approximate surface area is 476 Å². The van der Waals surface area contributed by atoms with Crippen molar-refractivity contribution in [1.82, 2.24) is 19.1 Å². The molecule has 0 N–H and O–H groups in total. The van der Waals surface area contributed by atoms with E-state index in [1.165, 1.54) is 65.9 Å². The van der Waals surface area contributed by atoms with Gasteiger partial charge in [0.25, 0.3) is 0 Å². The van der Waals surface area contributed by atoms with Crippen LogP contribution in [0.3, 0.4) is 0 Å². The van der Waals surface area contributed by atoms with Crippen LogP contribution in [0.15, 0.2) is 316 Å². The van der Waals surface area contributed by atoms with Gasteiger partial charge < -0.3 is 18.9 Å². The van der Waals surface area contributed by atoms with Gasteiger partial charge in [0.1, 0.15) is 0 Å². The summed E-state index contributed by atoms with van der Waals surface area (Å²) in [5.41, 5.74) is 21.5. The second-order valence-corrected chi connectivity index (χ2v) is 20.6. The molecule has 0 saturated carbocycles. The Hall–Kier alpha value is -11.1. The first-order chi connectivity index (χ1) is 40.7. The van der Waals surface area contributed by atoms with E-state index >= 15 is 0 Å². The molecule has 0 saturated heterocycles. The Balaban J connectivity index is 0.766. The van der Waals surface area contributed by atoms with E-state index in [4.69, 9.17) is 9.97 Å². The summed E-state index contributed by atoms with van der Waals surface area (Å²) in [6.45, 7) is 0. The minimum absolute atomic E-state index is 0.810. The first-order valence-electron chi connectivity index (χ1n) is 27.8. The molecule has 0 aliphatic heterocycles. The zero-order valence-corrected chi connectivity index (χ0v) is 44.7. The molecule has 386 valence electrons. The number of fused-ring (bicyclic) bond motifs is 6. The fraction of sp³-hybridized carbons (Fsp3) is 0. The molecule has 0 unspecified atom stereocenters. The Kier molecular flexibility index (Phi) is 12.1. The minimum atomic E-state index is 0.810. The summed E-state index contributed by atoms with van der Waals surface area (Å²) in [5.74, 6) is 0. The highest BCUT2D eigenvalue weighted by atomic mass is 15.1. The van der Waals surface area contributed by atoms with Crippen LogP contribution >= 0.6 is 0 Å². The molecule has 0 bridgehead atoms. The highest BCUT2D eigenvalue weighted by molar-refractivity contribution is 6.10. The van der Waals surface area contributed by atoms with Gasteiger partial charge in [-0.3, -0.25) is 9.97 Å². The standard InChI is InChI=1S/C76H52N6/c1-3-15-53(16-4-1)55-27-35-59(36-28-55)79(63-43-47-65(48-44-63)81-71-23-11-7-19-67(71)68-20-8-12-24-72(68)81)61-39-31-57(32-40-61)75-76(78-52-51-77-75)58-33-41-62(42-34-58)80(60-37-29-56(30-38-60)54-17-5-2-6-18-54)64-45-49-66(50-46-64)82-73-25-13-9-21-69(73)70-22-10-14-26-74(70)82/h1-52H. The molecule has 0 aliphatic carbocycles. The number of aromatic nitrogens is 4. The van der Waals surface area contributed by atoms with Gasteiger partial charge in [-0.2, -0.15) is 0 Å². The number of nitrogens with zero attached hydrogens (tertiary/aromatic N) is 6. The largest absolute Gasteiger partial charge is 0.311 e. The fourth-order valence-electron chi connectivity index (χ4n) is 12.0. The molecule has 0 aliphatic rings. The normalized spacial score (nSPS) is 11.4. The maximum absolute atomic E-state index is 4.99. The zero-order valence-electron chi connectivity index (χ0n) is 44.7. The van der Waals surface area contributed by atoms with Gasteiger partial charge in [-0.15, -0.1) is 0 Å². The van der Waals surface area contributed by atoms with E-state index < -0.39 is 0 Å². The first kappa shape index (κ1) is 48.1. The molecular weight excluding hydrogens is 997 g/mol. The monoisotopic (exact) mass is 1050 g/mol. The number of rotatable bonds is 12. The average molecular weight is 1050 g/mol. The third-order valence-corrected chi connectivity index (χ3v) is 15.9. The molecule has 0 amide bonds. The van der Waals surface area contributed by atoms with Crippen LogP contribution in [-0.2, 0) is 0 Å². The van der Waals surface area contributed by atoms with E-state index in [2.05, 4.69) is 322 Å². The van der Waals surface area contributed by atoms with Gasteiger partial charge in [-0.1, -0.05) is 182 Å². The molecule has 0 fully saturated rings. The summed E-state index contributed by atoms with van der Waals surface area (Å²) < 4.78 is 4.73. The summed E-state index contributed by atoms with van der Waals surface area (Å²) >= 11 is 0. The average Bonchev–Trinajstić information content (AvgIpc) is 4.27. The van der Waals surface area contributed by atoms with E-state index in [1.54, 1.807) is 12.4 Å². The fourth-order valence-corrected chi connectivity index (χ4v) is 12.0. The molecule has 6 nitrogen and oxygen atoms in total. The van der Waals surface area contributed by atoms with Gasteiger partial charge in [0, 0.05) is 90.6 Å². The smallest absolute Gasteiger partial charge is 0.0965 e. The Morgan fingerprint density at radius 1 is 0.207 bits per heavy atom. The summed E-state index contributed by atoms with van der Waals surface area (Å²) in [5, 5.41) is 4.97. The third kappa shape index (κ3) is 8.63. The summed E-state index contributed by atoms with van der Waals surface area (Å²) in [6.07, 6.45) is 3.56. The lowest BCUT2D eigenvalue weighted by Crippen LogP contribution is -2.10. The van der Waals surface area contributed by atoms with Crippen molar-refractivity contribution < 1.29 is 0 Å². The van der Waals surface area contributed by atoms with Crippen LogP contribution in [-0.4, -0.2) is 19.1 Å². The molecule has 3 aromatic heterocycles. The predicted octanol–water partition coefficient (Wildman–Crippen LogP) is 20.3. The van der Waals surface area contributed by atoms with Gasteiger partial charge in [0.2, 0.25) is 0 Å². The van der Waals surface area contributed by atoms with Crippen LogP contribution in [0.2, 0.25) is 0 Å². The van der Waals surface area contributed by atoms with E-state index in [0.29, 0.717) is 0 Å². The summed E-state index contributed by atoms with van der Waals surface area (Å²) in [6, 6.07) is 109. The highest BCUT2D eigenvalue weighted by Crippen LogP contribution is 2.42. The topological polar surface area (TPSA) is 42.1 Å².